The van der Waals surface area contributed by atoms with Crippen LogP contribution in [0.4, 0.5) is 4.39 Å². The van der Waals surface area contributed by atoms with Crippen LogP contribution in [0.2, 0.25) is 5.02 Å². The summed E-state index contributed by atoms with van der Waals surface area (Å²) in [7, 11) is -3.97. The van der Waals surface area contributed by atoms with Gasteiger partial charge in [0.2, 0.25) is 10.0 Å². The molecule has 0 radical (unpaired) electrons. The molecule has 0 aromatic heterocycles. The molecule has 5 nitrogen and oxygen atoms in total. The Morgan fingerprint density at radius 3 is 2.38 bits per heavy atom. The highest BCUT2D eigenvalue weighted by Gasteiger charge is 2.34. The lowest BCUT2D eigenvalue weighted by atomic mass is 10.1. The zero-order valence-electron chi connectivity index (χ0n) is 11.9. The van der Waals surface area contributed by atoms with E-state index in [-0.39, 0.29) is 22.9 Å². The predicted octanol–water partition coefficient (Wildman–Crippen LogP) is 2.74. The van der Waals surface area contributed by atoms with Crippen molar-refractivity contribution in [3.8, 4) is 0 Å². The molecule has 118 valence electrons. The van der Waals surface area contributed by atoms with Gasteiger partial charge < -0.3 is 5.11 Å². The Labute approximate surface area is 128 Å². The van der Waals surface area contributed by atoms with E-state index >= 15 is 0 Å². The fourth-order valence-corrected chi connectivity index (χ4v) is 3.84. The number of nitrogens with zero attached hydrogens (tertiary/aromatic N) is 1. The first-order chi connectivity index (χ1) is 9.46. The highest BCUT2D eigenvalue weighted by Crippen LogP contribution is 2.27. The molecular formula is C13H17ClFNO4S. The van der Waals surface area contributed by atoms with Crippen molar-refractivity contribution in [2.45, 2.75) is 37.6 Å². The molecule has 0 saturated carbocycles. The molecule has 0 saturated heterocycles. The summed E-state index contributed by atoms with van der Waals surface area (Å²) in [6.07, 6.45) is -0.328. The third-order valence-corrected chi connectivity index (χ3v) is 5.21. The number of rotatable bonds is 5. The van der Waals surface area contributed by atoms with Gasteiger partial charge in [0.15, 0.2) is 0 Å². The summed E-state index contributed by atoms with van der Waals surface area (Å²) in [5, 5.41) is 8.45. The second-order valence-corrected chi connectivity index (χ2v) is 7.74. The number of hydrogen-bond acceptors (Lipinski definition) is 3. The summed E-state index contributed by atoms with van der Waals surface area (Å²) in [5.74, 6) is -1.82. The summed E-state index contributed by atoms with van der Waals surface area (Å²) in [4.78, 5) is 10.5. The van der Waals surface area contributed by atoms with Gasteiger partial charge in [-0.05, 0) is 39.0 Å². The number of sulfonamides is 1. The molecule has 1 N–H and O–H groups in total. The van der Waals surface area contributed by atoms with Crippen LogP contribution in [-0.4, -0.2) is 35.9 Å². The zero-order chi connectivity index (χ0) is 16.4. The number of carboxylic acids is 1. The van der Waals surface area contributed by atoms with Crippen LogP contribution in [-0.2, 0) is 14.8 Å². The standard InChI is InChI=1S/C13H17ClFNO4S/c1-13(2,3)16(7-6-12(17)18)21(19,20)9-4-5-11(15)10(14)8-9/h4-5,8H,6-7H2,1-3H3,(H,17,18). The third-order valence-electron chi connectivity index (χ3n) is 2.76. The smallest absolute Gasteiger partial charge is 0.304 e. The summed E-state index contributed by atoms with van der Waals surface area (Å²) in [6, 6.07) is 3.09. The van der Waals surface area contributed by atoms with Crippen LogP contribution in [0.3, 0.4) is 0 Å². The number of benzene rings is 1. The van der Waals surface area contributed by atoms with E-state index in [1.54, 1.807) is 20.8 Å². The number of carbonyl (C=O) groups is 1. The fourth-order valence-electron chi connectivity index (χ4n) is 1.78. The summed E-state index contributed by atoms with van der Waals surface area (Å²) in [6.45, 7) is 4.77. The summed E-state index contributed by atoms with van der Waals surface area (Å²) in [5.41, 5.74) is -0.824. The van der Waals surface area contributed by atoms with Crippen LogP contribution in [0, 0.1) is 5.82 Å². The van der Waals surface area contributed by atoms with Gasteiger partial charge in [-0.15, -0.1) is 0 Å². The van der Waals surface area contributed by atoms with Crippen molar-refractivity contribution in [3.05, 3.63) is 29.0 Å². The molecule has 0 heterocycles. The van der Waals surface area contributed by atoms with Crippen LogP contribution in [0.25, 0.3) is 0 Å². The van der Waals surface area contributed by atoms with Gasteiger partial charge in [-0.25, -0.2) is 12.8 Å². The Morgan fingerprint density at radius 2 is 1.95 bits per heavy atom. The lowest BCUT2D eigenvalue weighted by Crippen LogP contribution is -2.46. The average molecular weight is 338 g/mol. The molecule has 0 aliphatic rings. The molecule has 1 aromatic rings. The normalized spacial score (nSPS) is 12.7. The van der Waals surface area contributed by atoms with Gasteiger partial charge in [-0.1, -0.05) is 11.6 Å². The van der Waals surface area contributed by atoms with Crippen molar-refractivity contribution in [3.63, 3.8) is 0 Å². The largest absolute Gasteiger partial charge is 0.481 e. The molecule has 8 heteroatoms. The van der Waals surface area contributed by atoms with Crippen LogP contribution in [0.15, 0.2) is 23.1 Å². The van der Waals surface area contributed by atoms with E-state index in [9.17, 15) is 17.6 Å². The molecule has 1 aromatic carbocycles. The second kappa shape index (κ2) is 6.29. The topological polar surface area (TPSA) is 74.7 Å². The van der Waals surface area contributed by atoms with Crippen LogP contribution < -0.4 is 0 Å². The Bertz CT molecular complexity index is 640. The van der Waals surface area contributed by atoms with Crippen molar-refractivity contribution >= 4 is 27.6 Å². The number of aliphatic carboxylic acids is 1. The maximum absolute atomic E-state index is 13.2. The average Bonchev–Trinajstić information content (AvgIpc) is 2.30. The molecule has 0 bridgehead atoms. The molecule has 1 rings (SSSR count). The van der Waals surface area contributed by atoms with Gasteiger partial charge in [-0.2, -0.15) is 4.31 Å². The monoisotopic (exact) mass is 337 g/mol. The minimum absolute atomic E-state index is 0.172. The van der Waals surface area contributed by atoms with Crippen molar-refractivity contribution in [2.75, 3.05) is 6.54 Å². The van der Waals surface area contributed by atoms with Crippen LogP contribution >= 0.6 is 11.6 Å². The Hall–Kier alpha value is -1.18. The van der Waals surface area contributed by atoms with E-state index in [2.05, 4.69) is 0 Å². The van der Waals surface area contributed by atoms with Crippen LogP contribution in [0.5, 0.6) is 0 Å². The van der Waals surface area contributed by atoms with Crippen LogP contribution in [0.1, 0.15) is 27.2 Å². The summed E-state index contributed by atoms with van der Waals surface area (Å²) >= 11 is 5.61. The van der Waals surface area contributed by atoms with E-state index < -0.39 is 27.3 Å². The second-order valence-electron chi connectivity index (χ2n) is 5.47. The van der Waals surface area contributed by atoms with Gasteiger partial charge in [0, 0.05) is 12.1 Å². The first-order valence-electron chi connectivity index (χ1n) is 6.16. The van der Waals surface area contributed by atoms with E-state index in [1.807, 2.05) is 0 Å². The van der Waals surface area contributed by atoms with Crippen molar-refractivity contribution in [1.82, 2.24) is 4.31 Å². The molecule has 0 aliphatic carbocycles. The molecular weight excluding hydrogens is 321 g/mol. The van der Waals surface area contributed by atoms with Gasteiger partial charge in [0.25, 0.3) is 0 Å². The molecule has 0 atom stereocenters. The van der Waals surface area contributed by atoms with E-state index in [0.29, 0.717) is 0 Å². The van der Waals surface area contributed by atoms with E-state index in [0.717, 1.165) is 22.5 Å². The van der Waals surface area contributed by atoms with E-state index in [4.69, 9.17) is 16.7 Å². The predicted molar refractivity (Wildman–Crippen MR) is 77.3 cm³/mol. The SMILES string of the molecule is CC(C)(C)N(CCC(=O)O)S(=O)(=O)c1ccc(F)c(Cl)c1. The molecule has 0 aliphatic heterocycles. The number of hydrogen-bond donors (Lipinski definition) is 1. The lowest BCUT2D eigenvalue weighted by Gasteiger charge is -2.34. The highest BCUT2D eigenvalue weighted by molar-refractivity contribution is 7.89. The number of carboxylic acid groups (broad SMARTS) is 1. The minimum atomic E-state index is -3.97. The van der Waals surface area contributed by atoms with E-state index in [1.165, 1.54) is 0 Å². The van der Waals surface area contributed by atoms with Crippen molar-refractivity contribution in [2.24, 2.45) is 0 Å². The van der Waals surface area contributed by atoms with Crippen molar-refractivity contribution in [1.29, 1.82) is 0 Å². The Morgan fingerprint density at radius 1 is 1.38 bits per heavy atom. The molecule has 0 spiro atoms. The minimum Gasteiger partial charge on any atom is -0.481 e. The fraction of sp³-hybridized carbons (Fsp3) is 0.462. The molecule has 0 unspecified atom stereocenters. The molecule has 0 amide bonds. The highest BCUT2D eigenvalue weighted by atomic mass is 35.5. The number of halogens is 2. The first kappa shape index (κ1) is 17.9. The van der Waals surface area contributed by atoms with Crippen molar-refractivity contribution < 1.29 is 22.7 Å². The zero-order valence-corrected chi connectivity index (χ0v) is 13.5. The first-order valence-corrected chi connectivity index (χ1v) is 7.98. The summed E-state index contributed by atoms with van der Waals surface area (Å²) < 4.78 is 39.4. The molecule has 21 heavy (non-hydrogen) atoms. The van der Waals surface area contributed by atoms with Gasteiger partial charge >= 0.3 is 5.97 Å². The Balaban J connectivity index is 3.26. The third kappa shape index (κ3) is 4.39. The quantitative estimate of drug-likeness (QED) is 0.896. The molecule has 0 fully saturated rings. The maximum atomic E-state index is 13.2. The Kier molecular flexibility index (Phi) is 5.35. The van der Waals surface area contributed by atoms with Gasteiger partial charge in [-0.3, -0.25) is 4.79 Å². The van der Waals surface area contributed by atoms with Gasteiger partial charge in [0.05, 0.1) is 16.3 Å². The maximum Gasteiger partial charge on any atom is 0.304 e. The van der Waals surface area contributed by atoms with Gasteiger partial charge in [0.1, 0.15) is 5.82 Å². The lowest BCUT2D eigenvalue weighted by molar-refractivity contribution is -0.137.